The van der Waals surface area contributed by atoms with Gasteiger partial charge in [0.05, 0.1) is 0 Å². The molecular weight excluding hydrogens is 440 g/mol. The summed E-state index contributed by atoms with van der Waals surface area (Å²) in [6, 6.07) is 27.3. The number of carbonyl (C=O) groups is 1. The second kappa shape index (κ2) is 9.93. The molecule has 3 aromatic rings. The van der Waals surface area contributed by atoms with Gasteiger partial charge in [-0.1, -0.05) is 54.6 Å². The molecule has 3 fully saturated rings. The predicted octanol–water partition coefficient (Wildman–Crippen LogP) is 7.01. The molecule has 3 aliphatic rings. The number of anilines is 1. The second-order valence-electron chi connectivity index (χ2n) is 10.3. The Hall–Kier alpha value is -2.62. The maximum absolute atomic E-state index is 12.7. The summed E-state index contributed by atoms with van der Waals surface area (Å²) in [6.07, 6.45) is 7.02. The third-order valence-electron chi connectivity index (χ3n) is 7.46. The first kappa shape index (κ1) is 23.1. The van der Waals surface area contributed by atoms with Crippen molar-refractivity contribution in [3.8, 4) is 11.1 Å². The molecule has 34 heavy (non-hydrogen) atoms. The number of nitrogens with zero attached hydrogens (tertiary/aromatic N) is 1. The smallest absolute Gasteiger partial charge is 0.255 e. The Morgan fingerprint density at radius 1 is 0.765 bits per heavy atom. The van der Waals surface area contributed by atoms with Crippen LogP contribution in [0.5, 0.6) is 0 Å². The molecule has 0 aliphatic heterocycles. The zero-order chi connectivity index (χ0) is 22.2. The average Bonchev–Trinajstić information content (AvgIpc) is 3.70. The fraction of sp³-hybridized carbons (Fsp3) is 0.367. The SMILES string of the molecule is Cl.O=C(Nc1ccc([C@@H]2C[C@H]2N(CC2CC2)CC2CC2)cc1)c1ccc(-c2ccccc2)cc1. The molecule has 2 atom stereocenters. The summed E-state index contributed by atoms with van der Waals surface area (Å²) < 4.78 is 0. The number of benzene rings is 3. The van der Waals surface area contributed by atoms with Gasteiger partial charge < -0.3 is 5.32 Å². The van der Waals surface area contributed by atoms with Crippen molar-refractivity contribution in [3.05, 3.63) is 90.0 Å². The van der Waals surface area contributed by atoms with E-state index < -0.39 is 0 Å². The highest BCUT2D eigenvalue weighted by atomic mass is 35.5. The summed E-state index contributed by atoms with van der Waals surface area (Å²) in [5.41, 5.74) is 5.23. The van der Waals surface area contributed by atoms with Crippen LogP contribution in [-0.2, 0) is 0 Å². The quantitative estimate of drug-likeness (QED) is 0.363. The van der Waals surface area contributed by atoms with Crippen LogP contribution < -0.4 is 5.32 Å². The van der Waals surface area contributed by atoms with Crippen LogP contribution in [0.15, 0.2) is 78.9 Å². The molecule has 3 aliphatic carbocycles. The largest absolute Gasteiger partial charge is 0.322 e. The van der Waals surface area contributed by atoms with Crippen LogP contribution in [0, 0.1) is 11.8 Å². The van der Waals surface area contributed by atoms with Crippen LogP contribution in [0.2, 0.25) is 0 Å². The van der Waals surface area contributed by atoms with E-state index in [1.54, 1.807) is 0 Å². The van der Waals surface area contributed by atoms with Gasteiger partial charge >= 0.3 is 0 Å². The van der Waals surface area contributed by atoms with Crippen LogP contribution in [-0.4, -0.2) is 29.9 Å². The van der Waals surface area contributed by atoms with Crippen LogP contribution >= 0.6 is 12.4 Å². The lowest BCUT2D eigenvalue weighted by Crippen LogP contribution is -2.31. The Bertz CT molecular complexity index is 1090. The van der Waals surface area contributed by atoms with E-state index in [0.29, 0.717) is 11.5 Å². The average molecular weight is 473 g/mol. The van der Waals surface area contributed by atoms with Crippen molar-refractivity contribution < 1.29 is 4.79 Å². The van der Waals surface area contributed by atoms with Crippen LogP contribution in [0.1, 0.15) is 53.9 Å². The van der Waals surface area contributed by atoms with E-state index in [9.17, 15) is 4.79 Å². The van der Waals surface area contributed by atoms with Crippen molar-refractivity contribution in [1.29, 1.82) is 0 Å². The van der Waals surface area contributed by atoms with Crippen molar-refractivity contribution in [2.45, 2.75) is 44.1 Å². The number of hydrogen-bond acceptors (Lipinski definition) is 2. The molecule has 0 aromatic heterocycles. The summed E-state index contributed by atoms with van der Waals surface area (Å²) in [6.45, 7) is 2.63. The molecule has 0 radical (unpaired) electrons. The Morgan fingerprint density at radius 3 is 1.94 bits per heavy atom. The molecule has 0 saturated heterocycles. The van der Waals surface area contributed by atoms with E-state index in [1.165, 1.54) is 50.8 Å². The standard InChI is InChI=1S/C30H32N2O.ClH/c33-30(26-12-10-24(11-13-26)23-4-2-1-3-5-23)31-27-16-14-25(15-17-27)28-18-29(28)32(19-21-6-7-21)20-22-8-9-22;/h1-5,10-17,21-22,28-29H,6-9,18-20H2,(H,31,33);1H/t28-,29+;/m0./s1. The Labute approximate surface area is 209 Å². The normalized spacial score (nSPS) is 21.1. The Balaban J connectivity index is 0.00000241. The maximum Gasteiger partial charge on any atom is 0.255 e. The number of halogens is 1. The summed E-state index contributed by atoms with van der Waals surface area (Å²) in [4.78, 5) is 15.5. The van der Waals surface area contributed by atoms with Gasteiger partial charge in [0, 0.05) is 36.3 Å². The minimum absolute atomic E-state index is 0. The summed E-state index contributed by atoms with van der Waals surface area (Å²) in [5, 5.41) is 3.06. The van der Waals surface area contributed by atoms with E-state index in [2.05, 4.69) is 46.6 Å². The molecular formula is C30H33ClN2O. The molecule has 0 unspecified atom stereocenters. The summed E-state index contributed by atoms with van der Waals surface area (Å²) in [7, 11) is 0. The second-order valence-corrected chi connectivity index (χ2v) is 10.3. The topological polar surface area (TPSA) is 32.3 Å². The van der Waals surface area contributed by atoms with Gasteiger partial charge in [0.15, 0.2) is 0 Å². The lowest BCUT2D eigenvalue weighted by Gasteiger charge is -2.22. The van der Waals surface area contributed by atoms with Crippen molar-refractivity contribution in [1.82, 2.24) is 4.90 Å². The maximum atomic E-state index is 12.7. The van der Waals surface area contributed by atoms with Gasteiger partial charge in [0.2, 0.25) is 0 Å². The predicted molar refractivity (Wildman–Crippen MR) is 142 cm³/mol. The monoisotopic (exact) mass is 472 g/mol. The van der Waals surface area contributed by atoms with Gasteiger partial charge in [-0.2, -0.15) is 0 Å². The first-order valence-electron chi connectivity index (χ1n) is 12.5. The number of carbonyl (C=O) groups excluding carboxylic acids is 1. The van der Waals surface area contributed by atoms with E-state index in [0.717, 1.165) is 34.7 Å². The molecule has 0 heterocycles. The lowest BCUT2D eigenvalue weighted by atomic mass is 10.0. The molecule has 3 aromatic carbocycles. The Morgan fingerprint density at radius 2 is 1.35 bits per heavy atom. The molecule has 1 amide bonds. The molecule has 1 N–H and O–H groups in total. The van der Waals surface area contributed by atoms with Gasteiger partial charge in [-0.3, -0.25) is 9.69 Å². The highest BCUT2D eigenvalue weighted by molar-refractivity contribution is 6.04. The Kier molecular flexibility index (Phi) is 6.76. The zero-order valence-electron chi connectivity index (χ0n) is 19.5. The van der Waals surface area contributed by atoms with Crippen LogP contribution in [0.4, 0.5) is 5.69 Å². The van der Waals surface area contributed by atoms with Gasteiger partial charge in [0.1, 0.15) is 0 Å². The zero-order valence-corrected chi connectivity index (χ0v) is 20.3. The molecule has 0 spiro atoms. The third kappa shape index (κ3) is 5.54. The van der Waals surface area contributed by atoms with Crippen molar-refractivity contribution >= 4 is 24.0 Å². The third-order valence-corrected chi connectivity index (χ3v) is 7.46. The first-order chi connectivity index (χ1) is 16.2. The van der Waals surface area contributed by atoms with Crippen molar-refractivity contribution in [3.63, 3.8) is 0 Å². The molecule has 6 rings (SSSR count). The van der Waals surface area contributed by atoms with E-state index >= 15 is 0 Å². The minimum Gasteiger partial charge on any atom is -0.322 e. The first-order valence-corrected chi connectivity index (χ1v) is 12.5. The van der Waals surface area contributed by atoms with E-state index in [-0.39, 0.29) is 18.3 Å². The highest BCUT2D eigenvalue weighted by Gasteiger charge is 2.45. The summed E-state index contributed by atoms with van der Waals surface area (Å²) >= 11 is 0. The van der Waals surface area contributed by atoms with Crippen LogP contribution in [0.3, 0.4) is 0 Å². The highest BCUT2D eigenvalue weighted by Crippen LogP contribution is 2.47. The van der Waals surface area contributed by atoms with Gasteiger partial charge in [0.25, 0.3) is 5.91 Å². The number of nitrogens with one attached hydrogen (secondary N) is 1. The van der Waals surface area contributed by atoms with Gasteiger partial charge in [-0.25, -0.2) is 0 Å². The van der Waals surface area contributed by atoms with E-state index in [1.807, 2.05) is 42.5 Å². The molecule has 176 valence electrons. The minimum atomic E-state index is -0.0632. The lowest BCUT2D eigenvalue weighted by molar-refractivity contribution is 0.102. The number of rotatable bonds is 9. The summed E-state index contributed by atoms with van der Waals surface area (Å²) in [5.74, 6) is 2.53. The molecule has 0 bridgehead atoms. The van der Waals surface area contributed by atoms with Crippen molar-refractivity contribution in [2.75, 3.05) is 18.4 Å². The van der Waals surface area contributed by atoms with Gasteiger partial charge in [-0.05, 0) is 84.9 Å². The fourth-order valence-corrected chi connectivity index (χ4v) is 5.01. The molecule has 3 nitrogen and oxygen atoms in total. The molecule has 4 heteroatoms. The van der Waals surface area contributed by atoms with Crippen molar-refractivity contribution in [2.24, 2.45) is 11.8 Å². The number of hydrogen-bond donors (Lipinski definition) is 1. The van der Waals surface area contributed by atoms with Crippen LogP contribution in [0.25, 0.3) is 11.1 Å². The number of amides is 1. The van der Waals surface area contributed by atoms with E-state index in [4.69, 9.17) is 0 Å². The van der Waals surface area contributed by atoms with Gasteiger partial charge in [-0.15, -0.1) is 12.4 Å². The molecule has 3 saturated carbocycles. The fourth-order valence-electron chi connectivity index (χ4n) is 5.01.